The number of amides is 1. The van der Waals surface area contributed by atoms with E-state index in [1.165, 1.54) is 19.1 Å². The molecule has 1 heterocycles. The van der Waals surface area contributed by atoms with Crippen LogP contribution >= 0.6 is 0 Å². The first-order chi connectivity index (χ1) is 10.8. The predicted molar refractivity (Wildman–Crippen MR) is 79.8 cm³/mol. The highest BCUT2D eigenvalue weighted by Gasteiger charge is 2.36. The van der Waals surface area contributed by atoms with E-state index in [0.717, 1.165) is 18.9 Å². The second kappa shape index (κ2) is 6.90. The summed E-state index contributed by atoms with van der Waals surface area (Å²) in [4.78, 5) is 12.7. The molecule has 23 heavy (non-hydrogen) atoms. The van der Waals surface area contributed by atoms with Crippen LogP contribution in [0.2, 0.25) is 0 Å². The van der Waals surface area contributed by atoms with Gasteiger partial charge in [-0.25, -0.2) is 0 Å². The maximum atomic E-state index is 13.3. The molecule has 0 aliphatic carbocycles. The van der Waals surface area contributed by atoms with Crippen LogP contribution in [0, 0.1) is 17.2 Å². The number of carbonyl (C=O) groups excluding carboxylic acids is 1. The van der Waals surface area contributed by atoms with Crippen molar-refractivity contribution in [3.8, 4) is 6.07 Å². The Bertz CT molecular complexity index is 622. The lowest BCUT2D eigenvalue weighted by molar-refractivity contribution is -0.137. The van der Waals surface area contributed by atoms with Crippen LogP contribution in [-0.4, -0.2) is 25.5 Å². The molecule has 0 radical (unpaired) electrons. The maximum Gasteiger partial charge on any atom is 0.418 e. The summed E-state index contributed by atoms with van der Waals surface area (Å²) < 4.78 is 39.8. The molecule has 4 nitrogen and oxygen atoms in total. The van der Waals surface area contributed by atoms with Crippen molar-refractivity contribution in [2.24, 2.45) is 5.92 Å². The van der Waals surface area contributed by atoms with Gasteiger partial charge in [-0.2, -0.15) is 18.4 Å². The number of hydrogen-bond donors (Lipinski definition) is 1. The highest BCUT2D eigenvalue weighted by molar-refractivity contribution is 5.72. The number of halogens is 3. The fourth-order valence-corrected chi connectivity index (χ4v) is 2.85. The molecule has 0 saturated carbocycles. The molecular weight excluding hydrogens is 307 g/mol. The van der Waals surface area contributed by atoms with Gasteiger partial charge in [0.25, 0.3) is 0 Å². The van der Waals surface area contributed by atoms with Crippen LogP contribution < -0.4 is 10.2 Å². The molecular formula is C16H18F3N3O. The zero-order chi connectivity index (χ0) is 17.0. The van der Waals surface area contributed by atoms with Crippen molar-refractivity contribution in [3.63, 3.8) is 0 Å². The zero-order valence-corrected chi connectivity index (χ0v) is 12.8. The summed E-state index contributed by atoms with van der Waals surface area (Å²) in [5.74, 6) is -0.0270. The number of piperidine rings is 1. The van der Waals surface area contributed by atoms with Gasteiger partial charge in [0.15, 0.2) is 0 Å². The van der Waals surface area contributed by atoms with E-state index in [9.17, 15) is 18.0 Å². The third-order valence-corrected chi connectivity index (χ3v) is 3.93. The molecule has 1 fully saturated rings. The number of hydrogen-bond acceptors (Lipinski definition) is 3. The van der Waals surface area contributed by atoms with Gasteiger partial charge in [0.05, 0.1) is 17.2 Å². The molecule has 1 atom stereocenters. The van der Waals surface area contributed by atoms with Gasteiger partial charge in [-0.3, -0.25) is 4.79 Å². The molecule has 1 aliphatic heterocycles. The lowest BCUT2D eigenvalue weighted by Crippen LogP contribution is -2.41. The molecule has 0 aromatic heterocycles. The Morgan fingerprint density at radius 3 is 2.83 bits per heavy atom. The van der Waals surface area contributed by atoms with Crippen LogP contribution in [0.4, 0.5) is 18.9 Å². The van der Waals surface area contributed by atoms with Crippen molar-refractivity contribution >= 4 is 11.6 Å². The van der Waals surface area contributed by atoms with Crippen molar-refractivity contribution < 1.29 is 18.0 Å². The van der Waals surface area contributed by atoms with Gasteiger partial charge in [0.1, 0.15) is 0 Å². The SMILES string of the molecule is CC(=O)NCC1CCCN(c2ccc(C#N)cc2C(F)(F)F)C1. The molecule has 1 saturated heterocycles. The van der Waals surface area contributed by atoms with E-state index < -0.39 is 11.7 Å². The minimum Gasteiger partial charge on any atom is -0.371 e. The Morgan fingerprint density at radius 1 is 1.48 bits per heavy atom. The number of benzene rings is 1. The lowest BCUT2D eigenvalue weighted by Gasteiger charge is -2.35. The molecule has 0 spiro atoms. The van der Waals surface area contributed by atoms with E-state index in [2.05, 4.69) is 5.32 Å². The minimum atomic E-state index is -4.51. The molecule has 124 valence electrons. The second-order valence-electron chi connectivity index (χ2n) is 5.73. The van der Waals surface area contributed by atoms with Crippen LogP contribution in [0.5, 0.6) is 0 Å². The Balaban J connectivity index is 2.23. The number of nitriles is 1. The van der Waals surface area contributed by atoms with E-state index in [1.807, 2.05) is 0 Å². The minimum absolute atomic E-state index is 0.00659. The quantitative estimate of drug-likeness (QED) is 0.929. The first-order valence-corrected chi connectivity index (χ1v) is 7.42. The van der Waals surface area contributed by atoms with Gasteiger partial charge in [-0.05, 0) is 37.0 Å². The molecule has 7 heteroatoms. The van der Waals surface area contributed by atoms with E-state index in [-0.39, 0.29) is 23.1 Å². The van der Waals surface area contributed by atoms with Crippen LogP contribution in [0.3, 0.4) is 0 Å². The molecule has 0 bridgehead atoms. The summed E-state index contributed by atoms with van der Waals surface area (Å²) in [6, 6.07) is 5.41. The van der Waals surface area contributed by atoms with Crippen molar-refractivity contribution in [1.82, 2.24) is 5.32 Å². The molecule has 1 unspecified atom stereocenters. The molecule has 1 amide bonds. The van der Waals surface area contributed by atoms with E-state index in [4.69, 9.17) is 5.26 Å². The van der Waals surface area contributed by atoms with Gasteiger partial charge in [0.2, 0.25) is 5.91 Å². The molecule has 2 rings (SSSR count). The van der Waals surface area contributed by atoms with E-state index >= 15 is 0 Å². The summed E-state index contributed by atoms with van der Waals surface area (Å²) in [5, 5.41) is 11.5. The Morgan fingerprint density at radius 2 is 2.22 bits per heavy atom. The highest BCUT2D eigenvalue weighted by Crippen LogP contribution is 2.38. The van der Waals surface area contributed by atoms with Crippen molar-refractivity contribution in [2.45, 2.75) is 25.9 Å². The van der Waals surface area contributed by atoms with Gasteiger partial charge in [-0.15, -0.1) is 0 Å². The number of rotatable bonds is 3. The van der Waals surface area contributed by atoms with Crippen LogP contribution in [0.25, 0.3) is 0 Å². The third-order valence-electron chi connectivity index (χ3n) is 3.93. The average molecular weight is 325 g/mol. The van der Waals surface area contributed by atoms with Crippen molar-refractivity contribution in [2.75, 3.05) is 24.5 Å². The average Bonchev–Trinajstić information content (AvgIpc) is 2.51. The van der Waals surface area contributed by atoms with Crippen molar-refractivity contribution in [1.29, 1.82) is 5.26 Å². The molecule has 1 N–H and O–H groups in total. The van der Waals surface area contributed by atoms with Gasteiger partial charge >= 0.3 is 6.18 Å². The first kappa shape index (κ1) is 17.1. The molecule has 1 aromatic carbocycles. The van der Waals surface area contributed by atoms with E-state index in [0.29, 0.717) is 19.6 Å². The van der Waals surface area contributed by atoms with Crippen LogP contribution in [0.1, 0.15) is 30.9 Å². The summed E-state index contributed by atoms with van der Waals surface area (Å²) in [6.07, 6.45) is -2.87. The number of anilines is 1. The number of nitrogens with one attached hydrogen (secondary N) is 1. The smallest absolute Gasteiger partial charge is 0.371 e. The zero-order valence-electron chi connectivity index (χ0n) is 12.8. The predicted octanol–water partition coefficient (Wildman–Crippen LogP) is 2.93. The number of nitrogens with zero attached hydrogens (tertiary/aromatic N) is 2. The van der Waals surface area contributed by atoms with Gasteiger partial charge in [-0.1, -0.05) is 0 Å². The number of carbonyl (C=O) groups is 1. The Hall–Kier alpha value is -2.23. The summed E-state index contributed by atoms with van der Waals surface area (Å²) in [6.45, 7) is 2.87. The fourth-order valence-electron chi connectivity index (χ4n) is 2.85. The third kappa shape index (κ3) is 4.38. The standard InChI is InChI=1S/C16H18F3N3O/c1-11(23)21-9-13-3-2-6-22(10-13)15-5-4-12(8-20)7-14(15)16(17,18)19/h4-5,7,13H,2-3,6,9-10H2,1H3,(H,21,23). The largest absolute Gasteiger partial charge is 0.418 e. The fraction of sp³-hybridized carbons (Fsp3) is 0.500. The maximum absolute atomic E-state index is 13.3. The first-order valence-electron chi connectivity index (χ1n) is 7.42. The lowest BCUT2D eigenvalue weighted by atomic mass is 9.96. The van der Waals surface area contributed by atoms with Crippen molar-refractivity contribution in [3.05, 3.63) is 29.3 Å². The summed E-state index contributed by atoms with van der Waals surface area (Å²) >= 11 is 0. The van der Waals surface area contributed by atoms with Crippen LogP contribution in [-0.2, 0) is 11.0 Å². The van der Waals surface area contributed by atoms with Gasteiger partial charge < -0.3 is 10.2 Å². The molecule has 1 aliphatic rings. The summed E-state index contributed by atoms with van der Waals surface area (Å²) in [7, 11) is 0. The normalized spacial score (nSPS) is 18.4. The second-order valence-corrected chi connectivity index (χ2v) is 5.73. The monoisotopic (exact) mass is 325 g/mol. The Kier molecular flexibility index (Phi) is 5.14. The van der Waals surface area contributed by atoms with Crippen LogP contribution in [0.15, 0.2) is 18.2 Å². The van der Waals surface area contributed by atoms with E-state index in [1.54, 1.807) is 11.0 Å². The number of alkyl halides is 3. The highest BCUT2D eigenvalue weighted by atomic mass is 19.4. The molecule has 1 aromatic rings. The van der Waals surface area contributed by atoms with Gasteiger partial charge in [0, 0.05) is 32.2 Å². The Labute approximate surface area is 132 Å². The topological polar surface area (TPSA) is 56.1 Å². The summed E-state index contributed by atoms with van der Waals surface area (Å²) in [5.41, 5.74) is -0.686.